The van der Waals surface area contributed by atoms with E-state index in [0.29, 0.717) is 5.13 Å². The van der Waals surface area contributed by atoms with Crippen molar-refractivity contribution in [2.24, 2.45) is 5.92 Å². The summed E-state index contributed by atoms with van der Waals surface area (Å²) in [5, 5.41) is 12.4. The molecule has 1 heterocycles. The van der Waals surface area contributed by atoms with E-state index in [0.717, 1.165) is 16.5 Å². The SMILES string of the molecule is Cc1cccc(CSCc2nnc(NC(=O)C(C)C)s2)c1. The summed E-state index contributed by atoms with van der Waals surface area (Å²) in [5.74, 6) is 1.69. The Morgan fingerprint density at radius 2 is 2.14 bits per heavy atom. The molecule has 6 heteroatoms. The van der Waals surface area contributed by atoms with E-state index in [1.807, 2.05) is 13.8 Å². The zero-order valence-corrected chi connectivity index (χ0v) is 14.1. The zero-order chi connectivity index (χ0) is 15.2. The second-order valence-electron chi connectivity index (χ2n) is 5.13. The van der Waals surface area contributed by atoms with Crippen LogP contribution in [0.5, 0.6) is 0 Å². The first-order valence-electron chi connectivity index (χ1n) is 6.81. The Morgan fingerprint density at radius 3 is 2.86 bits per heavy atom. The first kappa shape index (κ1) is 16.0. The van der Waals surface area contributed by atoms with Gasteiger partial charge in [0.1, 0.15) is 5.01 Å². The summed E-state index contributed by atoms with van der Waals surface area (Å²) in [6.07, 6.45) is 0. The van der Waals surface area contributed by atoms with Crippen molar-refractivity contribution in [2.75, 3.05) is 5.32 Å². The maximum atomic E-state index is 11.6. The van der Waals surface area contributed by atoms with E-state index in [9.17, 15) is 4.79 Å². The van der Waals surface area contributed by atoms with Crippen LogP contribution in [0.1, 0.15) is 30.0 Å². The number of hydrogen-bond acceptors (Lipinski definition) is 5. The van der Waals surface area contributed by atoms with Crippen LogP contribution in [0.15, 0.2) is 24.3 Å². The highest BCUT2D eigenvalue weighted by Crippen LogP contribution is 2.23. The predicted octanol–water partition coefficient (Wildman–Crippen LogP) is 3.87. The molecular weight excluding hydrogens is 302 g/mol. The summed E-state index contributed by atoms with van der Waals surface area (Å²) in [7, 11) is 0. The van der Waals surface area contributed by atoms with Crippen LogP contribution in [0.3, 0.4) is 0 Å². The summed E-state index contributed by atoms with van der Waals surface area (Å²) in [5.41, 5.74) is 2.60. The van der Waals surface area contributed by atoms with Gasteiger partial charge in [0.15, 0.2) is 0 Å². The van der Waals surface area contributed by atoms with Crippen molar-refractivity contribution in [3.63, 3.8) is 0 Å². The monoisotopic (exact) mass is 321 g/mol. The summed E-state index contributed by atoms with van der Waals surface area (Å²) in [6.45, 7) is 5.81. The number of thioether (sulfide) groups is 1. The van der Waals surface area contributed by atoms with Crippen LogP contribution in [-0.2, 0) is 16.3 Å². The number of rotatable bonds is 6. The van der Waals surface area contributed by atoms with Crippen molar-refractivity contribution < 1.29 is 4.79 Å². The molecule has 0 bridgehead atoms. The highest BCUT2D eigenvalue weighted by atomic mass is 32.2. The van der Waals surface area contributed by atoms with Crippen LogP contribution in [0.2, 0.25) is 0 Å². The first-order valence-corrected chi connectivity index (χ1v) is 8.78. The second kappa shape index (κ2) is 7.56. The second-order valence-corrected chi connectivity index (χ2v) is 7.17. The Bertz CT molecular complexity index is 610. The number of hydrogen-bond donors (Lipinski definition) is 1. The van der Waals surface area contributed by atoms with E-state index in [2.05, 4.69) is 46.7 Å². The molecule has 1 amide bonds. The van der Waals surface area contributed by atoms with Gasteiger partial charge in [-0.15, -0.1) is 22.0 Å². The van der Waals surface area contributed by atoms with Crippen molar-refractivity contribution in [1.82, 2.24) is 10.2 Å². The average Bonchev–Trinajstić information content (AvgIpc) is 2.86. The fourth-order valence-electron chi connectivity index (χ4n) is 1.67. The normalized spacial score (nSPS) is 10.9. The van der Waals surface area contributed by atoms with E-state index >= 15 is 0 Å². The lowest BCUT2D eigenvalue weighted by molar-refractivity contribution is -0.118. The minimum atomic E-state index is -0.0481. The molecule has 0 saturated heterocycles. The molecule has 0 radical (unpaired) electrons. The highest BCUT2D eigenvalue weighted by molar-refractivity contribution is 7.97. The van der Waals surface area contributed by atoms with Crippen LogP contribution in [0.4, 0.5) is 5.13 Å². The third kappa shape index (κ3) is 5.13. The molecule has 0 aliphatic heterocycles. The van der Waals surface area contributed by atoms with Crippen LogP contribution in [-0.4, -0.2) is 16.1 Å². The van der Waals surface area contributed by atoms with Gasteiger partial charge in [0.2, 0.25) is 11.0 Å². The lowest BCUT2D eigenvalue weighted by Gasteiger charge is -2.02. The van der Waals surface area contributed by atoms with Crippen molar-refractivity contribution in [2.45, 2.75) is 32.3 Å². The van der Waals surface area contributed by atoms with Gasteiger partial charge >= 0.3 is 0 Å². The lowest BCUT2D eigenvalue weighted by atomic mass is 10.2. The topological polar surface area (TPSA) is 54.9 Å². The molecule has 0 saturated carbocycles. The molecule has 112 valence electrons. The minimum Gasteiger partial charge on any atom is -0.300 e. The van der Waals surface area contributed by atoms with E-state index in [4.69, 9.17) is 0 Å². The van der Waals surface area contributed by atoms with E-state index < -0.39 is 0 Å². The molecule has 2 rings (SSSR count). The molecule has 0 fully saturated rings. The highest BCUT2D eigenvalue weighted by Gasteiger charge is 2.11. The number of nitrogens with one attached hydrogen (secondary N) is 1. The van der Waals surface area contributed by atoms with Crippen molar-refractivity contribution in [3.05, 3.63) is 40.4 Å². The Labute approximate surface area is 133 Å². The fraction of sp³-hybridized carbons (Fsp3) is 0.400. The quantitative estimate of drug-likeness (QED) is 0.877. The minimum absolute atomic E-state index is 0.0230. The van der Waals surface area contributed by atoms with Crippen LogP contribution >= 0.6 is 23.1 Å². The summed E-state index contributed by atoms with van der Waals surface area (Å²) in [6, 6.07) is 8.51. The van der Waals surface area contributed by atoms with Crippen LogP contribution < -0.4 is 5.32 Å². The maximum Gasteiger partial charge on any atom is 0.228 e. The zero-order valence-electron chi connectivity index (χ0n) is 12.4. The number of benzene rings is 1. The third-order valence-corrected chi connectivity index (χ3v) is 4.83. The number of amides is 1. The molecule has 2 aromatic rings. The van der Waals surface area contributed by atoms with Gasteiger partial charge in [0, 0.05) is 17.4 Å². The molecule has 1 aromatic carbocycles. The summed E-state index contributed by atoms with van der Waals surface area (Å²) < 4.78 is 0. The molecule has 0 aliphatic carbocycles. The smallest absolute Gasteiger partial charge is 0.228 e. The van der Waals surface area contributed by atoms with Gasteiger partial charge in [-0.1, -0.05) is 55.0 Å². The number of carbonyl (C=O) groups excluding carboxylic acids is 1. The summed E-state index contributed by atoms with van der Waals surface area (Å²) in [4.78, 5) is 11.6. The molecule has 0 atom stereocenters. The number of anilines is 1. The van der Waals surface area contributed by atoms with Gasteiger partial charge in [0.05, 0.1) is 0 Å². The van der Waals surface area contributed by atoms with E-state index in [-0.39, 0.29) is 11.8 Å². The first-order chi connectivity index (χ1) is 10.0. The number of nitrogens with zero attached hydrogens (tertiary/aromatic N) is 2. The average molecular weight is 321 g/mol. The number of aromatic nitrogens is 2. The molecule has 0 spiro atoms. The third-order valence-electron chi connectivity index (χ3n) is 2.80. The molecule has 0 unspecified atom stereocenters. The Kier molecular flexibility index (Phi) is 5.76. The largest absolute Gasteiger partial charge is 0.300 e. The molecule has 1 aromatic heterocycles. The molecule has 21 heavy (non-hydrogen) atoms. The Morgan fingerprint density at radius 1 is 1.33 bits per heavy atom. The fourth-order valence-corrected chi connectivity index (χ4v) is 3.44. The van der Waals surface area contributed by atoms with Gasteiger partial charge in [-0.25, -0.2) is 0 Å². The molecular formula is C15H19N3OS2. The van der Waals surface area contributed by atoms with Crippen molar-refractivity contribution in [3.8, 4) is 0 Å². The van der Waals surface area contributed by atoms with Crippen LogP contribution in [0, 0.1) is 12.8 Å². The van der Waals surface area contributed by atoms with Gasteiger partial charge < -0.3 is 5.32 Å². The lowest BCUT2D eigenvalue weighted by Crippen LogP contribution is -2.17. The van der Waals surface area contributed by atoms with Gasteiger partial charge in [0.25, 0.3) is 0 Å². The standard InChI is InChI=1S/C15H19N3OS2/c1-10(2)14(19)16-15-18-17-13(21-15)9-20-8-12-6-4-5-11(3)7-12/h4-7,10H,8-9H2,1-3H3,(H,16,18,19). The summed E-state index contributed by atoms with van der Waals surface area (Å²) >= 11 is 3.24. The molecule has 4 nitrogen and oxygen atoms in total. The molecule has 1 N–H and O–H groups in total. The number of aryl methyl sites for hydroxylation is 1. The Balaban J connectivity index is 1.81. The van der Waals surface area contributed by atoms with Gasteiger partial charge in [-0.05, 0) is 12.5 Å². The number of carbonyl (C=O) groups is 1. The van der Waals surface area contributed by atoms with Crippen molar-refractivity contribution >= 4 is 34.1 Å². The van der Waals surface area contributed by atoms with Crippen LogP contribution in [0.25, 0.3) is 0 Å². The predicted molar refractivity (Wildman–Crippen MR) is 89.6 cm³/mol. The van der Waals surface area contributed by atoms with E-state index in [1.54, 1.807) is 11.8 Å². The molecule has 0 aliphatic rings. The van der Waals surface area contributed by atoms with Gasteiger partial charge in [-0.2, -0.15) is 0 Å². The van der Waals surface area contributed by atoms with Crippen molar-refractivity contribution in [1.29, 1.82) is 0 Å². The van der Waals surface area contributed by atoms with Gasteiger partial charge in [-0.3, -0.25) is 4.79 Å². The maximum absolute atomic E-state index is 11.6. The van der Waals surface area contributed by atoms with E-state index in [1.165, 1.54) is 22.5 Å². The Hall–Kier alpha value is -1.40.